The molecule has 2 aliphatic rings. The third-order valence-corrected chi connectivity index (χ3v) is 5.74. The summed E-state index contributed by atoms with van der Waals surface area (Å²) in [5.41, 5.74) is 0.937. The monoisotopic (exact) mass is 347 g/mol. The van der Waals surface area contributed by atoms with Gasteiger partial charge in [-0.15, -0.1) is 0 Å². The van der Waals surface area contributed by atoms with Crippen LogP contribution in [0.3, 0.4) is 0 Å². The van der Waals surface area contributed by atoms with E-state index >= 15 is 0 Å². The first-order valence-electron chi connectivity index (χ1n) is 10.1. The highest BCUT2D eigenvalue weighted by Crippen LogP contribution is 2.34. The highest BCUT2D eigenvalue weighted by molar-refractivity contribution is 5.77. The highest BCUT2D eigenvalue weighted by Gasteiger charge is 2.33. The predicted octanol–water partition coefficient (Wildman–Crippen LogP) is 3.97. The molecule has 5 nitrogen and oxygen atoms in total. The molecule has 0 N–H and O–H groups in total. The molecule has 0 radical (unpaired) electrons. The van der Waals surface area contributed by atoms with Gasteiger partial charge in [0.1, 0.15) is 11.5 Å². The molecule has 1 amide bonds. The molecular weight excluding hydrogens is 314 g/mol. The molecule has 1 atom stereocenters. The second kappa shape index (κ2) is 8.35. The minimum atomic E-state index is 0.115. The van der Waals surface area contributed by atoms with Crippen LogP contribution in [0.1, 0.15) is 82.7 Å². The van der Waals surface area contributed by atoms with E-state index in [0.717, 1.165) is 56.8 Å². The van der Waals surface area contributed by atoms with Gasteiger partial charge in [-0.05, 0) is 57.7 Å². The van der Waals surface area contributed by atoms with Crippen molar-refractivity contribution in [1.82, 2.24) is 15.0 Å². The average molecular weight is 348 g/mol. The maximum Gasteiger partial charge on any atom is 0.223 e. The lowest BCUT2D eigenvalue weighted by atomic mass is 9.92. The van der Waals surface area contributed by atoms with Gasteiger partial charge in [0.2, 0.25) is 5.91 Å². The molecular formula is C20H33N3O2. The van der Waals surface area contributed by atoms with Crippen molar-refractivity contribution in [2.45, 2.75) is 71.3 Å². The smallest absolute Gasteiger partial charge is 0.223 e. The Kier molecular flexibility index (Phi) is 6.15. The van der Waals surface area contributed by atoms with Gasteiger partial charge in [0.05, 0.1) is 6.04 Å². The summed E-state index contributed by atoms with van der Waals surface area (Å²) in [5, 5.41) is 4.25. The standard InChI is InChI=1S/C20H33N3O2/c1-4-9-22-11-7-16(8-12-22)13-20(24)23-10-5-6-18(23)17-14-19(15(2)3)25-21-17/h14-16,18H,4-13H2,1-3H3. The molecule has 0 bridgehead atoms. The van der Waals surface area contributed by atoms with Crippen molar-refractivity contribution in [3.8, 4) is 0 Å². The molecule has 3 rings (SSSR count). The Hall–Kier alpha value is -1.36. The second-order valence-electron chi connectivity index (χ2n) is 8.04. The molecule has 1 aromatic heterocycles. The Morgan fingerprint density at radius 2 is 2.04 bits per heavy atom. The minimum absolute atomic E-state index is 0.115. The van der Waals surface area contributed by atoms with Crippen LogP contribution in [0.15, 0.2) is 10.6 Å². The van der Waals surface area contributed by atoms with Crippen molar-refractivity contribution < 1.29 is 9.32 Å². The van der Waals surface area contributed by atoms with Gasteiger partial charge in [-0.25, -0.2) is 0 Å². The Balaban J connectivity index is 1.56. The van der Waals surface area contributed by atoms with Crippen LogP contribution >= 0.6 is 0 Å². The van der Waals surface area contributed by atoms with Crippen molar-refractivity contribution in [3.63, 3.8) is 0 Å². The van der Waals surface area contributed by atoms with Crippen LogP contribution in [0.5, 0.6) is 0 Å². The Morgan fingerprint density at radius 3 is 2.68 bits per heavy atom. The quantitative estimate of drug-likeness (QED) is 0.781. The Labute approximate surface area is 151 Å². The number of carbonyl (C=O) groups excluding carboxylic acids is 1. The molecule has 25 heavy (non-hydrogen) atoms. The number of piperidine rings is 1. The first kappa shape index (κ1) is 18.4. The van der Waals surface area contributed by atoms with Crippen molar-refractivity contribution >= 4 is 5.91 Å². The molecule has 5 heteroatoms. The fourth-order valence-electron chi connectivity index (χ4n) is 4.20. The van der Waals surface area contributed by atoms with E-state index in [-0.39, 0.29) is 6.04 Å². The maximum atomic E-state index is 12.9. The van der Waals surface area contributed by atoms with Crippen molar-refractivity contribution in [3.05, 3.63) is 17.5 Å². The molecule has 2 saturated heterocycles. The molecule has 2 fully saturated rings. The lowest BCUT2D eigenvalue weighted by Crippen LogP contribution is -2.37. The van der Waals surface area contributed by atoms with E-state index < -0.39 is 0 Å². The SMILES string of the molecule is CCCN1CCC(CC(=O)N2CCCC2c2cc(C(C)C)on2)CC1. The van der Waals surface area contributed by atoms with Gasteiger partial charge in [-0.3, -0.25) is 4.79 Å². The van der Waals surface area contributed by atoms with E-state index in [0.29, 0.717) is 24.2 Å². The molecule has 1 unspecified atom stereocenters. The zero-order valence-corrected chi connectivity index (χ0v) is 16.0. The number of carbonyl (C=O) groups is 1. The zero-order valence-electron chi connectivity index (χ0n) is 16.0. The predicted molar refractivity (Wildman–Crippen MR) is 98.4 cm³/mol. The zero-order chi connectivity index (χ0) is 17.8. The summed E-state index contributed by atoms with van der Waals surface area (Å²) in [4.78, 5) is 17.5. The minimum Gasteiger partial charge on any atom is -0.361 e. The van der Waals surface area contributed by atoms with Crippen LogP contribution < -0.4 is 0 Å². The molecule has 0 saturated carbocycles. The van der Waals surface area contributed by atoms with E-state index in [1.54, 1.807) is 0 Å². The molecule has 0 aromatic carbocycles. The average Bonchev–Trinajstić information content (AvgIpc) is 3.25. The van der Waals surface area contributed by atoms with E-state index in [4.69, 9.17) is 4.52 Å². The molecule has 140 valence electrons. The molecule has 3 heterocycles. The summed E-state index contributed by atoms with van der Waals surface area (Å²) >= 11 is 0. The van der Waals surface area contributed by atoms with E-state index in [1.165, 1.54) is 13.0 Å². The molecule has 2 aliphatic heterocycles. The fraction of sp³-hybridized carbons (Fsp3) is 0.800. The summed E-state index contributed by atoms with van der Waals surface area (Å²) in [5.74, 6) is 2.11. The van der Waals surface area contributed by atoms with Gasteiger partial charge < -0.3 is 14.3 Å². The van der Waals surface area contributed by atoms with Crippen molar-refractivity contribution in [1.29, 1.82) is 0 Å². The van der Waals surface area contributed by atoms with Crippen LogP contribution in [0.25, 0.3) is 0 Å². The van der Waals surface area contributed by atoms with Crippen LogP contribution in [0.4, 0.5) is 0 Å². The second-order valence-corrected chi connectivity index (χ2v) is 8.04. The van der Waals surface area contributed by atoms with Gasteiger partial charge in [-0.1, -0.05) is 25.9 Å². The van der Waals surface area contributed by atoms with Gasteiger partial charge in [0.15, 0.2) is 0 Å². The Morgan fingerprint density at radius 1 is 1.28 bits per heavy atom. The summed E-state index contributed by atoms with van der Waals surface area (Å²) in [6.07, 6.45) is 6.30. The van der Waals surface area contributed by atoms with E-state index in [1.807, 2.05) is 6.07 Å². The van der Waals surface area contributed by atoms with Crippen LogP contribution in [-0.2, 0) is 4.79 Å². The molecule has 1 aromatic rings. The molecule has 0 aliphatic carbocycles. The maximum absolute atomic E-state index is 12.9. The topological polar surface area (TPSA) is 49.6 Å². The van der Waals surface area contributed by atoms with Gasteiger partial charge in [0.25, 0.3) is 0 Å². The van der Waals surface area contributed by atoms with Crippen LogP contribution in [0.2, 0.25) is 0 Å². The number of aromatic nitrogens is 1. The first-order valence-corrected chi connectivity index (χ1v) is 10.1. The number of likely N-dealkylation sites (tertiary alicyclic amines) is 2. The fourth-order valence-corrected chi connectivity index (χ4v) is 4.20. The summed E-state index contributed by atoms with van der Waals surface area (Å²) < 4.78 is 5.46. The van der Waals surface area contributed by atoms with Crippen molar-refractivity contribution in [2.24, 2.45) is 5.92 Å². The third kappa shape index (κ3) is 4.43. The summed E-state index contributed by atoms with van der Waals surface area (Å²) in [6, 6.07) is 2.16. The Bertz CT molecular complexity index is 561. The van der Waals surface area contributed by atoms with Crippen LogP contribution in [-0.4, -0.2) is 47.0 Å². The van der Waals surface area contributed by atoms with Gasteiger partial charge in [-0.2, -0.15) is 0 Å². The summed E-state index contributed by atoms with van der Waals surface area (Å²) in [6.45, 7) is 10.8. The number of hydrogen-bond donors (Lipinski definition) is 0. The number of nitrogens with zero attached hydrogens (tertiary/aromatic N) is 3. The van der Waals surface area contributed by atoms with E-state index in [9.17, 15) is 4.79 Å². The summed E-state index contributed by atoms with van der Waals surface area (Å²) in [7, 11) is 0. The highest BCUT2D eigenvalue weighted by atomic mass is 16.5. The van der Waals surface area contributed by atoms with E-state index in [2.05, 4.69) is 35.7 Å². The normalized spacial score (nSPS) is 22.9. The number of amides is 1. The lowest BCUT2D eigenvalue weighted by Gasteiger charge is -2.32. The van der Waals surface area contributed by atoms with Crippen LogP contribution in [0, 0.1) is 5.92 Å². The largest absolute Gasteiger partial charge is 0.361 e. The lowest BCUT2D eigenvalue weighted by molar-refractivity contribution is -0.133. The molecule has 0 spiro atoms. The first-order chi connectivity index (χ1) is 12.1. The number of rotatable bonds is 6. The van der Waals surface area contributed by atoms with Gasteiger partial charge >= 0.3 is 0 Å². The third-order valence-electron chi connectivity index (χ3n) is 5.74. The number of hydrogen-bond acceptors (Lipinski definition) is 4. The van der Waals surface area contributed by atoms with Crippen molar-refractivity contribution in [2.75, 3.05) is 26.2 Å². The van der Waals surface area contributed by atoms with Gasteiger partial charge in [0, 0.05) is 24.9 Å².